The predicted octanol–water partition coefficient (Wildman–Crippen LogP) is 2.85. The lowest BCUT2D eigenvalue weighted by Gasteiger charge is -2.27. The summed E-state index contributed by atoms with van der Waals surface area (Å²) in [5, 5.41) is 12.7. The minimum Gasteiger partial charge on any atom is -0.481 e. The van der Waals surface area contributed by atoms with Gasteiger partial charge in [0.1, 0.15) is 0 Å². The van der Waals surface area contributed by atoms with E-state index in [1.165, 1.54) is 0 Å². The molecule has 4 nitrogen and oxygen atoms in total. The van der Waals surface area contributed by atoms with E-state index in [9.17, 15) is 14.7 Å². The molecule has 0 heterocycles. The molecular formula is C15H18ClNO3. The number of amides is 1. The van der Waals surface area contributed by atoms with Crippen molar-refractivity contribution >= 4 is 23.5 Å². The van der Waals surface area contributed by atoms with E-state index in [0.29, 0.717) is 24.4 Å². The van der Waals surface area contributed by atoms with Crippen LogP contribution in [0.4, 0.5) is 0 Å². The molecule has 1 amide bonds. The summed E-state index contributed by atoms with van der Waals surface area (Å²) in [7, 11) is 0. The average Bonchev–Trinajstić information content (AvgIpc) is 2.46. The van der Waals surface area contributed by atoms with Gasteiger partial charge in [0.15, 0.2) is 0 Å². The van der Waals surface area contributed by atoms with Gasteiger partial charge in [0.25, 0.3) is 0 Å². The Bertz CT molecular complexity index is 486. The highest BCUT2D eigenvalue weighted by molar-refractivity contribution is 6.30. The first-order chi connectivity index (χ1) is 9.58. The minimum atomic E-state index is -0.864. The van der Waals surface area contributed by atoms with Crippen LogP contribution in [0.1, 0.15) is 31.2 Å². The number of hydrogen-bond acceptors (Lipinski definition) is 2. The number of carboxylic acid groups (broad SMARTS) is 1. The zero-order chi connectivity index (χ0) is 14.5. The number of benzene rings is 1. The van der Waals surface area contributed by atoms with Crippen molar-refractivity contribution in [2.24, 2.45) is 11.8 Å². The van der Waals surface area contributed by atoms with Gasteiger partial charge in [0.05, 0.1) is 11.8 Å². The van der Waals surface area contributed by atoms with Crippen molar-refractivity contribution in [3.8, 4) is 0 Å². The highest BCUT2D eigenvalue weighted by atomic mass is 35.5. The van der Waals surface area contributed by atoms with Crippen molar-refractivity contribution in [3.05, 3.63) is 34.9 Å². The summed E-state index contributed by atoms with van der Waals surface area (Å²) in [5.41, 5.74) is 0.949. The largest absolute Gasteiger partial charge is 0.481 e. The maximum absolute atomic E-state index is 12.2. The summed E-state index contributed by atoms with van der Waals surface area (Å²) in [5.74, 6) is -1.98. The van der Waals surface area contributed by atoms with Crippen LogP contribution in [0.25, 0.3) is 0 Å². The summed E-state index contributed by atoms with van der Waals surface area (Å²) in [4.78, 5) is 23.3. The van der Waals surface area contributed by atoms with Crippen molar-refractivity contribution < 1.29 is 14.7 Å². The Kier molecular flexibility index (Phi) is 5.01. The van der Waals surface area contributed by atoms with Crippen molar-refractivity contribution in [3.63, 3.8) is 0 Å². The normalized spacial score (nSPS) is 22.2. The molecule has 0 radical (unpaired) electrons. The lowest BCUT2D eigenvalue weighted by Crippen LogP contribution is -2.39. The summed E-state index contributed by atoms with van der Waals surface area (Å²) in [6, 6.07) is 7.23. The second-order valence-electron chi connectivity index (χ2n) is 5.18. The molecule has 1 aliphatic carbocycles. The first-order valence-electron chi connectivity index (χ1n) is 6.83. The smallest absolute Gasteiger partial charge is 0.307 e. The molecule has 0 spiro atoms. The van der Waals surface area contributed by atoms with Crippen molar-refractivity contribution in [2.45, 2.75) is 32.2 Å². The third kappa shape index (κ3) is 3.73. The number of carboxylic acids is 1. The predicted molar refractivity (Wildman–Crippen MR) is 76.4 cm³/mol. The number of rotatable bonds is 4. The van der Waals surface area contributed by atoms with Crippen LogP contribution in [0.2, 0.25) is 5.02 Å². The molecule has 2 N–H and O–H groups in total. The van der Waals surface area contributed by atoms with Crippen LogP contribution in [-0.2, 0) is 16.1 Å². The Morgan fingerprint density at radius 1 is 1.15 bits per heavy atom. The molecule has 20 heavy (non-hydrogen) atoms. The van der Waals surface area contributed by atoms with E-state index in [1.807, 2.05) is 12.1 Å². The van der Waals surface area contributed by atoms with E-state index >= 15 is 0 Å². The first-order valence-corrected chi connectivity index (χ1v) is 7.20. The average molecular weight is 296 g/mol. The Morgan fingerprint density at radius 3 is 2.35 bits per heavy atom. The number of carbonyl (C=O) groups excluding carboxylic acids is 1. The SMILES string of the molecule is O=C(O)[C@H]1CCCC[C@H]1C(=O)NCc1ccc(Cl)cc1. The van der Waals surface area contributed by atoms with Crippen molar-refractivity contribution in [1.82, 2.24) is 5.32 Å². The minimum absolute atomic E-state index is 0.160. The molecular weight excluding hydrogens is 278 g/mol. The summed E-state index contributed by atoms with van der Waals surface area (Å²) in [6.45, 7) is 0.402. The van der Waals surface area contributed by atoms with Crippen LogP contribution in [-0.4, -0.2) is 17.0 Å². The molecule has 1 aromatic carbocycles. The Hall–Kier alpha value is -1.55. The Morgan fingerprint density at radius 2 is 1.75 bits per heavy atom. The maximum Gasteiger partial charge on any atom is 0.307 e. The summed E-state index contributed by atoms with van der Waals surface area (Å²) in [6.07, 6.45) is 3.05. The fourth-order valence-electron chi connectivity index (χ4n) is 2.66. The van der Waals surface area contributed by atoms with Crippen molar-refractivity contribution in [2.75, 3.05) is 0 Å². The standard InChI is InChI=1S/C15H18ClNO3/c16-11-7-5-10(6-8-11)9-17-14(18)12-3-1-2-4-13(12)15(19)20/h5-8,12-13H,1-4,9H2,(H,17,18)(H,19,20)/t12-,13+/m1/s1. The molecule has 1 saturated carbocycles. The van der Waals surface area contributed by atoms with Crippen LogP contribution < -0.4 is 5.32 Å². The van der Waals surface area contributed by atoms with Crippen LogP contribution in [0.15, 0.2) is 24.3 Å². The van der Waals surface area contributed by atoms with Gasteiger partial charge in [-0.05, 0) is 30.5 Å². The molecule has 0 unspecified atom stereocenters. The molecule has 108 valence electrons. The van der Waals surface area contributed by atoms with Gasteiger partial charge in [0, 0.05) is 11.6 Å². The van der Waals surface area contributed by atoms with Crippen LogP contribution in [0.3, 0.4) is 0 Å². The third-order valence-electron chi connectivity index (χ3n) is 3.80. The molecule has 0 saturated heterocycles. The Balaban J connectivity index is 1.93. The van der Waals surface area contributed by atoms with Crippen LogP contribution in [0.5, 0.6) is 0 Å². The first kappa shape index (κ1) is 14.9. The van der Waals surface area contributed by atoms with Gasteiger partial charge in [-0.25, -0.2) is 0 Å². The van der Waals surface area contributed by atoms with E-state index in [2.05, 4.69) is 5.32 Å². The molecule has 1 aliphatic rings. The number of carbonyl (C=O) groups is 2. The lowest BCUT2D eigenvalue weighted by atomic mass is 9.78. The Labute approximate surface area is 123 Å². The molecule has 5 heteroatoms. The van der Waals surface area contributed by atoms with Gasteiger partial charge in [0.2, 0.25) is 5.91 Å². The van der Waals surface area contributed by atoms with E-state index in [1.54, 1.807) is 12.1 Å². The van der Waals surface area contributed by atoms with E-state index in [0.717, 1.165) is 18.4 Å². The van der Waals surface area contributed by atoms with E-state index < -0.39 is 17.8 Å². The highest BCUT2D eigenvalue weighted by Gasteiger charge is 2.35. The van der Waals surface area contributed by atoms with Gasteiger partial charge in [-0.15, -0.1) is 0 Å². The molecule has 2 rings (SSSR count). The van der Waals surface area contributed by atoms with Gasteiger partial charge in [-0.2, -0.15) is 0 Å². The van der Waals surface area contributed by atoms with Gasteiger partial charge in [-0.3, -0.25) is 9.59 Å². The monoisotopic (exact) mass is 295 g/mol. The molecule has 1 fully saturated rings. The number of halogens is 1. The zero-order valence-electron chi connectivity index (χ0n) is 11.1. The fraction of sp³-hybridized carbons (Fsp3) is 0.467. The second-order valence-corrected chi connectivity index (χ2v) is 5.62. The molecule has 0 aliphatic heterocycles. The second kappa shape index (κ2) is 6.75. The molecule has 0 bridgehead atoms. The quantitative estimate of drug-likeness (QED) is 0.897. The van der Waals surface area contributed by atoms with Crippen LogP contribution >= 0.6 is 11.6 Å². The number of aliphatic carboxylic acids is 1. The fourth-order valence-corrected chi connectivity index (χ4v) is 2.79. The van der Waals surface area contributed by atoms with Crippen LogP contribution in [0, 0.1) is 11.8 Å². The van der Waals surface area contributed by atoms with Gasteiger partial charge in [-0.1, -0.05) is 36.6 Å². The third-order valence-corrected chi connectivity index (χ3v) is 4.05. The van der Waals surface area contributed by atoms with Crippen molar-refractivity contribution in [1.29, 1.82) is 0 Å². The van der Waals surface area contributed by atoms with Gasteiger partial charge < -0.3 is 10.4 Å². The highest BCUT2D eigenvalue weighted by Crippen LogP contribution is 2.30. The molecule has 1 aromatic rings. The number of hydrogen-bond donors (Lipinski definition) is 2. The lowest BCUT2D eigenvalue weighted by molar-refractivity contribution is -0.148. The summed E-state index contributed by atoms with van der Waals surface area (Å²) < 4.78 is 0. The molecule has 2 atom stereocenters. The topological polar surface area (TPSA) is 66.4 Å². The molecule has 0 aromatic heterocycles. The van der Waals surface area contributed by atoms with E-state index in [-0.39, 0.29) is 5.91 Å². The van der Waals surface area contributed by atoms with E-state index in [4.69, 9.17) is 11.6 Å². The van der Waals surface area contributed by atoms with Gasteiger partial charge >= 0.3 is 5.97 Å². The summed E-state index contributed by atoms with van der Waals surface area (Å²) >= 11 is 5.80. The number of nitrogens with one attached hydrogen (secondary N) is 1. The zero-order valence-corrected chi connectivity index (χ0v) is 11.9. The maximum atomic E-state index is 12.2.